The van der Waals surface area contributed by atoms with Crippen LogP contribution in [-0.2, 0) is 14.8 Å². The summed E-state index contributed by atoms with van der Waals surface area (Å²) in [6, 6.07) is 12.0. The van der Waals surface area contributed by atoms with Gasteiger partial charge in [0.15, 0.2) is 11.5 Å². The molecule has 0 atom stereocenters. The third kappa shape index (κ3) is 4.58. The van der Waals surface area contributed by atoms with E-state index in [0.717, 1.165) is 11.3 Å². The highest BCUT2D eigenvalue weighted by Gasteiger charge is 2.20. The van der Waals surface area contributed by atoms with Crippen LogP contribution in [-0.4, -0.2) is 40.6 Å². The molecule has 1 heterocycles. The van der Waals surface area contributed by atoms with Gasteiger partial charge in [0.25, 0.3) is 0 Å². The van der Waals surface area contributed by atoms with Crippen molar-refractivity contribution in [3.8, 4) is 11.5 Å². The van der Waals surface area contributed by atoms with E-state index in [9.17, 15) is 13.2 Å². The number of nitrogens with one attached hydrogen (secondary N) is 1. The molecule has 0 bridgehead atoms. The van der Waals surface area contributed by atoms with Crippen LogP contribution in [0.15, 0.2) is 47.4 Å². The molecule has 0 fully saturated rings. The minimum atomic E-state index is -3.73. The Balaban J connectivity index is 1.67. The molecular formula is C19H22N2O5S. The predicted octanol–water partition coefficient (Wildman–Crippen LogP) is 2.10. The number of fused-ring (bicyclic) bond motifs is 1. The van der Waals surface area contributed by atoms with Gasteiger partial charge in [0.2, 0.25) is 15.9 Å². The second-order valence-electron chi connectivity index (χ2n) is 6.21. The highest BCUT2D eigenvalue weighted by molar-refractivity contribution is 7.89. The Kier molecular flexibility index (Phi) is 5.67. The summed E-state index contributed by atoms with van der Waals surface area (Å²) in [7, 11) is -3.73. The van der Waals surface area contributed by atoms with Crippen molar-refractivity contribution in [3.63, 3.8) is 0 Å². The van der Waals surface area contributed by atoms with Gasteiger partial charge in [-0.1, -0.05) is 17.7 Å². The van der Waals surface area contributed by atoms with Crippen molar-refractivity contribution in [2.75, 3.05) is 31.2 Å². The molecule has 0 radical (unpaired) electrons. The monoisotopic (exact) mass is 390 g/mol. The van der Waals surface area contributed by atoms with Crippen LogP contribution in [0, 0.1) is 6.92 Å². The van der Waals surface area contributed by atoms with Crippen LogP contribution >= 0.6 is 0 Å². The summed E-state index contributed by atoms with van der Waals surface area (Å²) in [5, 5.41) is 0. The third-order valence-electron chi connectivity index (χ3n) is 4.18. The molecule has 1 aliphatic rings. The second-order valence-corrected chi connectivity index (χ2v) is 7.98. The van der Waals surface area contributed by atoms with E-state index in [-0.39, 0.29) is 23.9 Å². The van der Waals surface area contributed by atoms with E-state index in [0.29, 0.717) is 24.7 Å². The SMILES string of the molecule is CC(=O)N(CCNS(=O)(=O)c1ccc2c(c1)OCCO2)c1ccc(C)cc1. The van der Waals surface area contributed by atoms with Crippen LogP contribution < -0.4 is 19.1 Å². The number of hydrogen-bond donors (Lipinski definition) is 1. The van der Waals surface area contributed by atoms with E-state index in [4.69, 9.17) is 9.47 Å². The number of carbonyl (C=O) groups excluding carboxylic acids is 1. The number of aryl methyl sites for hydroxylation is 1. The minimum Gasteiger partial charge on any atom is -0.486 e. The molecule has 7 nitrogen and oxygen atoms in total. The molecule has 1 aliphatic heterocycles. The Labute approximate surface area is 158 Å². The minimum absolute atomic E-state index is 0.0875. The number of carbonyl (C=O) groups is 1. The van der Waals surface area contributed by atoms with Gasteiger partial charge in [-0.2, -0.15) is 0 Å². The molecule has 144 valence electrons. The third-order valence-corrected chi connectivity index (χ3v) is 5.64. The number of amides is 1. The van der Waals surface area contributed by atoms with Crippen LogP contribution in [0.2, 0.25) is 0 Å². The molecule has 1 amide bonds. The maximum Gasteiger partial charge on any atom is 0.240 e. The summed E-state index contributed by atoms with van der Waals surface area (Å²) >= 11 is 0. The fourth-order valence-corrected chi connectivity index (χ4v) is 3.80. The molecule has 2 aromatic carbocycles. The smallest absolute Gasteiger partial charge is 0.240 e. The number of nitrogens with zero attached hydrogens (tertiary/aromatic N) is 1. The first kappa shape index (κ1) is 19.2. The fourth-order valence-electron chi connectivity index (χ4n) is 2.76. The van der Waals surface area contributed by atoms with Crippen molar-refractivity contribution >= 4 is 21.6 Å². The summed E-state index contributed by atoms with van der Waals surface area (Å²) in [6.45, 7) is 4.55. The van der Waals surface area contributed by atoms with E-state index >= 15 is 0 Å². The second kappa shape index (κ2) is 7.98. The van der Waals surface area contributed by atoms with E-state index in [2.05, 4.69) is 4.72 Å². The molecule has 2 aromatic rings. The van der Waals surface area contributed by atoms with Crippen LogP contribution in [0.25, 0.3) is 0 Å². The summed E-state index contributed by atoms with van der Waals surface area (Å²) in [4.78, 5) is 13.6. The van der Waals surface area contributed by atoms with Crippen molar-refractivity contribution in [1.82, 2.24) is 4.72 Å². The Morgan fingerprint density at radius 1 is 1.07 bits per heavy atom. The van der Waals surface area contributed by atoms with Crippen molar-refractivity contribution in [2.24, 2.45) is 0 Å². The summed E-state index contributed by atoms with van der Waals surface area (Å²) < 4.78 is 38.4. The zero-order valence-electron chi connectivity index (χ0n) is 15.3. The Morgan fingerprint density at radius 3 is 2.41 bits per heavy atom. The molecule has 0 aliphatic carbocycles. The van der Waals surface area contributed by atoms with E-state index < -0.39 is 10.0 Å². The van der Waals surface area contributed by atoms with Crippen molar-refractivity contribution in [1.29, 1.82) is 0 Å². The first-order valence-electron chi connectivity index (χ1n) is 8.61. The lowest BCUT2D eigenvalue weighted by atomic mass is 10.2. The van der Waals surface area contributed by atoms with Gasteiger partial charge in [-0.05, 0) is 31.2 Å². The first-order valence-corrected chi connectivity index (χ1v) is 10.1. The molecule has 0 saturated heterocycles. The fraction of sp³-hybridized carbons (Fsp3) is 0.316. The van der Waals surface area contributed by atoms with Crippen LogP contribution in [0.5, 0.6) is 11.5 Å². The van der Waals surface area contributed by atoms with Crippen molar-refractivity contribution in [3.05, 3.63) is 48.0 Å². The lowest BCUT2D eigenvalue weighted by Crippen LogP contribution is -2.37. The van der Waals surface area contributed by atoms with E-state index in [1.165, 1.54) is 24.0 Å². The number of ether oxygens (including phenoxy) is 2. The van der Waals surface area contributed by atoms with Crippen molar-refractivity contribution < 1.29 is 22.7 Å². The molecule has 27 heavy (non-hydrogen) atoms. The van der Waals surface area contributed by atoms with Gasteiger partial charge in [0.05, 0.1) is 4.90 Å². The van der Waals surface area contributed by atoms with Gasteiger partial charge < -0.3 is 14.4 Å². The van der Waals surface area contributed by atoms with Gasteiger partial charge in [-0.3, -0.25) is 4.79 Å². The number of anilines is 1. The molecule has 3 rings (SSSR count). The van der Waals surface area contributed by atoms with Gasteiger partial charge >= 0.3 is 0 Å². The molecule has 1 N–H and O–H groups in total. The quantitative estimate of drug-likeness (QED) is 0.816. The van der Waals surface area contributed by atoms with Gasteiger partial charge in [-0.15, -0.1) is 0 Å². The molecular weight excluding hydrogens is 368 g/mol. The summed E-state index contributed by atoms with van der Waals surface area (Å²) in [6.07, 6.45) is 0. The topological polar surface area (TPSA) is 84.9 Å². The van der Waals surface area contributed by atoms with Gasteiger partial charge in [0, 0.05) is 31.8 Å². The first-order chi connectivity index (χ1) is 12.9. The average Bonchev–Trinajstić information content (AvgIpc) is 2.65. The lowest BCUT2D eigenvalue weighted by Gasteiger charge is -2.22. The molecule has 8 heteroatoms. The standard InChI is InChI=1S/C19H22N2O5S/c1-14-3-5-16(6-4-14)21(15(2)22)10-9-20-27(23,24)17-7-8-18-19(13-17)26-12-11-25-18/h3-8,13,20H,9-12H2,1-2H3. The van der Waals surface area contributed by atoms with Gasteiger partial charge in [0.1, 0.15) is 13.2 Å². The number of sulfonamides is 1. The highest BCUT2D eigenvalue weighted by Crippen LogP contribution is 2.32. The van der Waals surface area contributed by atoms with Crippen LogP contribution in [0.3, 0.4) is 0 Å². The molecule has 0 spiro atoms. The maximum absolute atomic E-state index is 12.5. The molecule has 0 saturated carbocycles. The maximum atomic E-state index is 12.5. The van der Waals surface area contributed by atoms with Crippen LogP contribution in [0.4, 0.5) is 5.69 Å². The highest BCUT2D eigenvalue weighted by atomic mass is 32.2. The summed E-state index contributed by atoms with van der Waals surface area (Å²) in [5.41, 5.74) is 1.81. The predicted molar refractivity (Wildman–Crippen MR) is 102 cm³/mol. The zero-order chi connectivity index (χ0) is 19.4. The number of benzene rings is 2. The molecule has 0 unspecified atom stereocenters. The van der Waals surface area contributed by atoms with Crippen LogP contribution in [0.1, 0.15) is 12.5 Å². The summed E-state index contributed by atoms with van der Waals surface area (Å²) in [5.74, 6) is 0.786. The Hall–Kier alpha value is -2.58. The zero-order valence-corrected chi connectivity index (χ0v) is 16.1. The van der Waals surface area contributed by atoms with E-state index in [1.807, 2.05) is 31.2 Å². The average molecular weight is 390 g/mol. The molecule has 0 aromatic heterocycles. The normalized spacial score (nSPS) is 13.3. The number of hydrogen-bond acceptors (Lipinski definition) is 5. The van der Waals surface area contributed by atoms with E-state index in [1.54, 1.807) is 6.07 Å². The lowest BCUT2D eigenvalue weighted by molar-refractivity contribution is -0.116. The Bertz CT molecular complexity index is 926. The van der Waals surface area contributed by atoms with Gasteiger partial charge in [-0.25, -0.2) is 13.1 Å². The van der Waals surface area contributed by atoms with Crippen molar-refractivity contribution in [2.45, 2.75) is 18.7 Å². The largest absolute Gasteiger partial charge is 0.486 e. The number of rotatable bonds is 6. The Morgan fingerprint density at radius 2 is 1.74 bits per heavy atom.